The predicted octanol–water partition coefficient (Wildman–Crippen LogP) is 4.76. The van der Waals surface area contributed by atoms with E-state index in [1.807, 2.05) is 13.0 Å². The van der Waals surface area contributed by atoms with Gasteiger partial charge in [0.05, 0.1) is 0 Å². The molecule has 1 heteroatoms. The zero-order valence-corrected chi connectivity index (χ0v) is 12.1. The Balaban J connectivity index is 4.47. The van der Waals surface area contributed by atoms with E-state index in [4.69, 9.17) is 0 Å². The summed E-state index contributed by atoms with van der Waals surface area (Å²) >= 11 is 0. The zero-order valence-electron chi connectivity index (χ0n) is 12.1. The number of carbonyl (C=O) groups excluding carboxylic acids is 1. The third-order valence-corrected chi connectivity index (χ3v) is 2.52. The fourth-order valence-corrected chi connectivity index (χ4v) is 2.68. The first-order chi connectivity index (χ1) is 7.06. The van der Waals surface area contributed by atoms with Crippen LogP contribution in [-0.2, 0) is 4.79 Å². The molecule has 0 saturated carbocycles. The maximum absolute atomic E-state index is 11.3. The van der Waals surface area contributed by atoms with E-state index in [9.17, 15) is 4.79 Å². The third-order valence-electron chi connectivity index (χ3n) is 2.52. The van der Waals surface area contributed by atoms with Crippen LogP contribution < -0.4 is 0 Å². The van der Waals surface area contributed by atoms with Crippen molar-refractivity contribution in [3.05, 3.63) is 11.6 Å². The molecule has 0 aliphatic heterocycles. The smallest absolute Gasteiger partial charge is 0.155 e. The van der Waals surface area contributed by atoms with E-state index in [1.54, 1.807) is 0 Å². The van der Waals surface area contributed by atoms with E-state index in [0.717, 1.165) is 6.42 Å². The van der Waals surface area contributed by atoms with Crippen LogP contribution in [0.4, 0.5) is 0 Å². The Bertz CT molecular complexity index is 264. The summed E-state index contributed by atoms with van der Waals surface area (Å²) in [6.07, 6.45) is 4.60. The molecule has 0 aromatic heterocycles. The van der Waals surface area contributed by atoms with E-state index < -0.39 is 0 Å². The van der Waals surface area contributed by atoms with Gasteiger partial charge >= 0.3 is 0 Å². The van der Waals surface area contributed by atoms with Gasteiger partial charge in [0.1, 0.15) is 0 Å². The summed E-state index contributed by atoms with van der Waals surface area (Å²) in [5.74, 6) is 0.240. The maximum atomic E-state index is 11.3. The second-order valence-electron chi connectivity index (χ2n) is 6.89. The van der Waals surface area contributed by atoms with Gasteiger partial charge in [-0.05, 0) is 36.7 Å². The lowest BCUT2D eigenvalue weighted by Gasteiger charge is -2.32. The second kappa shape index (κ2) is 5.65. The Hall–Kier alpha value is -0.590. The van der Waals surface area contributed by atoms with Crippen LogP contribution >= 0.6 is 0 Å². The van der Waals surface area contributed by atoms with Crippen LogP contribution in [0.1, 0.15) is 67.7 Å². The summed E-state index contributed by atoms with van der Waals surface area (Å²) in [5.41, 5.74) is 1.83. The lowest BCUT2D eigenvalue weighted by Crippen LogP contribution is -2.21. The number of rotatable bonds is 5. The van der Waals surface area contributed by atoms with Crippen molar-refractivity contribution in [1.82, 2.24) is 0 Å². The fraction of sp³-hybridized carbons (Fsp3) is 0.800. The van der Waals surface area contributed by atoms with Crippen molar-refractivity contribution in [1.29, 1.82) is 0 Å². The first kappa shape index (κ1) is 15.4. The SMILES string of the molecule is CCC(=O)C=C(C)CC(C)(C)CC(C)(C)C. The van der Waals surface area contributed by atoms with Crippen LogP contribution in [0.5, 0.6) is 0 Å². The molecule has 0 atom stereocenters. The fourth-order valence-electron chi connectivity index (χ4n) is 2.68. The molecular weight excluding hydrogens is 196 g/mol. The summed E-state index contributed by atoms with van der Waals surface area (Å²) in [7, 11) is 0. The molecule has 1 nitrogen and oxygen atoms in total. The summed E-state index contributed by atoms with van der Waals surface area (Å²) < 4.78 is 0. The molecule has 0 N–H and O–H groups in total. The average Bonchev–Trinajstić information content (AvgIpc) is 1.97. The van der Waals surface area contributed by atoms with Crippen LogP contribution in [0.15, 0.2) is 11.6 Å². The minimum atomic E-state index is 0.240. The van der Waals surface area contributed by atoms with Crippen LogP contribution in [0, 0.1) is 10.8 Å². The number of ketones is 1. The van der Waals surface area contributed by atoms with Gasteiger partial charge in [-0.25, -0.2) is 0 Å². The number of carbonyl (C=O) groups is 1. The first-order valence-corrected chi connectivity index (χ1v) is 6.26. The molecule has 0 unspecified atom stereocenters. The Morgan fingerprint density at radius 2 is 1.62 bits per heavy atom. The van der Waals surface area contributed by atoms with E-state index in [2.05, 4.69) is 41.5 Å². The molecule has 0 spiro atoms. The average molecular weight is 224 g/mol. The van der Waals surface area contributed by atoms with Crippen molar-refractivity contribution in [2.45, 2.75) is 67.7 Å². The van der Waals surface area contributed by atoms with Crippen LogP contribution in [0.3, 0.4) is 0 Å². The molecule has 0 aromatic rings. The van der Waals surface area contributed by atoms with E-state index in [-0.39, 0.29) is 11.2 Å². The Morgan fingerprint density at radius 3 is 2.00 bits per heavy atom. The Kier molecular flexibility index (Phi) is 5.44. The lowest BCUT2D eigenvalue weighted by molar-refractivity contribution is -0.114. The lowest BCUT2D eigenvalue weighted by atomic mass is 9.73. The van der Waals surface area contributed by atoms with Gasteiger partial charge < -0.3 is 0 Å². The normalized spacial score (nSPS) is 14.1. The van der Waals surface area contributed by atoms with Crippen molar-refractivity contribution in [3.63, 3.8) is 0 Å². The maximum Gasteiger partial charge on any atom is 0.155 e. The standard InChI is InChI=1S/C15H28O/c1-8-13(16)9-12(2)10-15(6,7)11-14(3,4)5/h9H,8,10-11H2,1-7H3. The molecule has 0 rings (SSSR count). The molecule has 0 bridgehead atoms. The summed E-state index contributed by atoms with van der Waals surface area (Å²) in [4.78, 5) is 11.3. The highest BCUT2D eigenvalue weighted by Crippen LogP contribution is 2.37. The highest BCUT2D eigenvalue weighted by atomic mass is 16.1. The van der Waals surface area contributed by atoms with Crippen molar-refractivity contribution < 1.29 is 4.79 Å². The highest BCUT2D eigenvalue weighted by Gasteiger charge is 2.25. The molecule has 0 fully saturated rings. The molecule has 0 heterocycles. The van der Waals surface area contributed by atoms with Gasteiger partial charge in [0.15, 0.2) is 5.78 Å². The summed E-state index contributed by atoms with van der Waals surface area (Å²) in [6.45, 7) is 15.4. The minimum Gasteiger partial charge on any atom is -0.295 e. The van der Waals surface area contributed by atoms with Crippen LogP contribution in [-0.4, -0.2) is 5.78 Å². The second-order valence-corrected chi connectivity index (χ2v) is 6.89. The summed E-state index contributed by atoms with van der Waals surface area (Å²) in [6, 6.07) is 0. The molecule has 16 heavy (non-hydrogen) atoms. The van der Waals surface area contributed by atoms with E-state index in [0.29, 0.717) is 11.8 Å². The first-order valence-electron chi connectivity index (χ1n) is 6.26. The van der Waals surface area contributed by atoms with Crippen molar-refractivity contribution in [2.75, 3.05) is 0 Å². The topological polar surface area (TPSA) is 17.1 Å². The molecule has 94 valence electrons. The quantitative estimate of drug-likeness (QED) is 0.615. The number of allylic oxidation sites excluding steroid dienone is 2. The molecule has 0 saturated heterocycles. The van der Waals surface area contributed by atoms with Gasteiger partial charge in [-0.3, -0.25) is 4.79 Å². The van der Waals surface area contributed by atoms with Crippen LogP contribution in [0.2, 0.25) is 0 Å². The molecular formula is C15H28O. The molecule has 0 aliphatic carbocycles. The predicted molar refractivity (Wildman–Crippen MR) is 71.5 cm³/mol. The third kappa shape index (κ3) is 7.67. The van der Waals surface area contributed by atoms with Crippen molar-refractivity contribution in [3.8, 4) is 0 Å². The van der Waals surface area contributed by atoms with E-state index in [1.165, 1.54) is 12.0 Å². The minimum absolute atomic E-state index is 0.240. The van der Waals surface area contributed by atoms with Crippen LogP contribution in [0.25, 0.3) is 0 Å². The summed E-state index contributed by atoms with van der Waals surface area (Å²) in [5, 5.41) is 0. The van der Waals surface area contributed by atoms with Gasteiger partial charge in [0, 0.05) is 6.42 Å². The van der Waals surface area contributed by atoms with Crippen molar-refractivity contribution in [2.24, 2.45) is 10.8 Å². The monoisotopic (exact) mass is 224 g/mol. The van der Waals surface area contributed by atoms with E-state index >= 15 is 0 Å². The van der Waals surface area contributed by atoms with Gasteiger partial charge in [0.2, 0.25) is 0 Å². The van der Waals surface area contributed by atoms with Gasteiger partial charge in [-0.1, -0.05) is 47.1 Å². The molecule has 0 amide bonds. The largest absolute Gasteiger partial charge is 0.295 e. The molecule has 0 aliphatic rings. The van der Waals surface area contributed by atoms with Gasteiger partial charge in [-0.15, -0.1) is 0 Å². The van der Waals surface area contributed by atoms with Gasteiger partial charge in [-0.2, -0.15) is 0 Å². The van der Waals surface area contributed by atoms with Crippen molar-refractivity contribution >= 4 is 5.78 Å². The molecule has 0 radical (unpaired) electrons. The number of hydrogen-bond acceptors (Lipinski definition) is 1. The molecule has 0 aromatic carbocycles. The van der Waals surface area contributed by atoms with Gasteiger partial charge in [0.25, 0.3) is 0 Å². The number of hydrogen-bond donors (Lipinski definition) is 0. The zero-order chi connectivity index (χ0) is 13.0. The Labute approximate surface area is 101 Å². The Morgan fingerprint density at radius 1 is 1.12 bits per heavy atom. The highest BCUT2D eigenvalue weighted by molar-refractivity contribution is 5.89.